The summed E-state index contributed by atoms with van der Waals surface area (Å²) in [6, 6.07) is 8.85. The number of allylic oxidation sites excluding steroid dienone is 1. The highest BCUT2D eigenvalue weighted by molar-refractivity contribution is 5.86. The Kier molecular flexibility index (Phi) is 6.64. The molecule has 138 valence electrons. The largest absolute Gasteiger partial charge is 0.426 e. The molecule has 1 aromatic rings. The summed E-state index contributed by atoms with van der Waals surface area (Å²) in [6.07, 6.45) is -0.818. The number of hydrogen-bond donors (Lipinski definition) is 1. The molecule has 1 aliphatic heterocycles. The number of carbonyl (C=O) groups is 1. The van der Waals surface area contributed by atoms with Gasteiger partial charge in [-0.05, 0) is 24.8 Å². The van der Waals surface area contributed by atoms with Gasteiger partial charge in [-0.3, -0.25) is 4.79 Å². The molecule has 0 aliphatic carbocycles. The molecule has 2 rings (SSSR count). The van der Waals surface area contributed by atoms with E-state index in [-0.39, 0.29) is 13.2 Å². The van der Waals surface area contributed by atoms with E-state index >= 15 is 0 Å². The molecule has 0 spiro atoms. The predicted molar refractivity (Wildman–Crippen MR) is 89.9 cm³/mol. The first kappa shape index (κ1) is 19.5. The second-order valence-electron chi connectivity index (χ2n) is 6.27. The van der Waals surface area contributed by atoms with E-state index in [4.69, 9.17) is 4.74 Å². The van der Waals surface area contributed by atoms with Crippen LogP contribution >= 0.6 is 0 Å². The minimum Gasteiger partial charge on any atom is -0.357 e. The Balaban J connectivity index is 2.22. The highest BCUT2D eigenvalue weighted by atomic mass is 19.4. The van der Waals surface area contributed by atoms with Crippen molar-refractivity contribution in [1.29, 1.82) is 0 Å². The van der Waals surface area contributed by atoms with Crippen LogP contribution in [0.1, 0.15) is 44.6 Å². The Morgan fingerprint density at radius 1 is 1.32 bits per heavy atom. The van der Waals surface area contributed by atoms with Gasteiger partial charge in [0, 0.05) is 19.6 Å². The summed E-state index contributed by atoms with van der Waals surface area (Å²) < 4.78 is 46.6. The van der Waals surface area contributed by atoms with Gasteiger partial charge in [0.25, 0.3) is 5.91 Å². The third-order valence-corrected chi connectivity index (χ3v) is 4.31. The molecule has 0 radical (unpaired) electrons. The normalized spacial score (nSPS) is 23.3. The van der Waals surface area contributed by atoms with E-state index < -0.39 is 24.1 Å². The first-order valence-corrected chi connectivity index (χ1v) is 8.60. The van der Waals surface area contributed by atoms with Crippen LogP contribution in [0.15, 0.2) is 42.0 Å². The SMILES string of the molecule is CCC/C=C1\CCCOC(C(=O)NCc2ccccc2)(C(F)(F)F)C1. The van der Waals surface area contributed by atoms with Crippen LogP contribution in [0.25, 0.3) is 0 Å². The number of rotatable bonds is 5. The molecule has 0 aromatic heterocycles. The van der Waals surface area contributed by atoms with Crippen molar-refractivity contribution >= 4 is 5.91 Å². The van der Waals surface area contributed by atoms with Crippen LogP contribution < -0.4 is 5.32 Å². The van der Waals surface area contributed by atoms with E-state index in [1.807, 2.05) is 19.1 Å². The average molecular weight is 355 g/mol. The van der Waals surface area contributed by atoms with Crippen LogP contribution in [0, 0.1) is 0 Å². The van der Waals surface area contributed by atoms with Crippen LogP contribution in [0.2, 0.25) is 0 Å². The van der Waals surface area contributed by atoms with E-state index in [0.29, 0.717) is 24.8 Å². The van der Waals surface area contributed by atoms with Gasteiger partial charge in [-0.15, -0.1) is 0 Å². The van der Waals surface area contributed by atoms with Crippen molar-refractivity contribution in [3.05, 3.63) is 47.5 Å². The zero-order valence-electron chi connectivity index (χ0n) is 14.4. The Morgan fingerprint density at radius 3 is 2.68 bits per heavy atom. The van der Waals surface area contributed by atoms with E-state index in [9.17, 15) is 18.0 Å². The van der Waals surface area contributed by atoms with Gasteiger partial charge < -0.3 is 10.1 Å². The van der Waals surface area contributed by atoms with E-state index in [0.717, 1.165) is 12.0 Å². The Hall–Kier alpha value is -1.82. The number of halogens is 3. The van der Waals surface area contributed by atoms with Crippen LogP contribution in [0.5, 0.6) is 0 Å². The van der Waals surface area contributed by atoms with Crippen molar-refractivity contribution in [2.24, 2.45) is 0 Å². The van der Waals surface area contributed by atoms with E-state index in [2.05, 4.69) is 5.32 Å². The molecule has 1 fully saturated rings. The molecule has 1 aliphatic rings. The van der Waals surface area contributed by atoms with Crippen molar-refractivity contribution in [2.75, 3.05) is 6.61 Å². The monoisotopic (exact) mass is 355 g/mol. The number of nitrogens with one attached hydrogen (secondary N) is 1. The molecule has 6 heteroatoms. The summed E-state index contributed by atoms with van der Waals surface area (Å²) >= 11 is 0. The number of unbranched alkanes of at least 4 members (excludes halogenated alkanes) is 1. The minimum atomic E-state index is -4.77. The standard InChI is InChI=1S/C19H24F3NO2/c1-2-3-8-15-11-7-12-25-18(13-15,19(20,21)22)17(24)23-14-16-9-5-4-6-10-16/h4-6,8-10H,2-3,7,11-14H2,1H3,(H,23,24)/b15-8+. The molecular formula is C19H24F3NO2. The second-order valence-corrected chi connectivity index (χ2v) is 6.27. The zero-order chi connectivity index (χ0) is 18.3. The van der Waals surface area contributed by atoms with Gasteiger partial charge in [-0.25, -0.2) is 0 Å². The summed E-state index contributed by atoms with van der Waals surface area (Å²) in [4.78, 5) is 12.5. The summed E-state index contributed by atoms with van der Waals surface area (Å²) in [5, 5.41) is 2.41. The molecule has 1 saturated heterocycles. The van der Waals surface area contributed by atoms with Crippen LogP contribution in [0.3, 0.4) is 0 Å². The molecule has 1 heterocycles. The molecule has 3 nitrogen and oxygen atoms in total. The maximum atomic E-state index is 13.8. The molecular weight excluding hydrogens is 331 g/mol. The Bertz CT molecular complexity index is 598. The van der Waals surface area contributed by atoms with Crippen LogP contribution in [0.4, 0.5) is 13.2 Å². The van der Waals surface area contributed by atoms with Gasteiger partial charge in [-0.2, -0.15) is 13.2 Å². The van der Waals surface area contributed by atoms with Crippen molar-refractivity contribution in [1.82, 2.24) is 5.32 Å². The highest BCUT2D eigenvalue weighted by Gasteiger charge is 2.62. The van der Waals surface area contributed by atoms with Gasteiger partial charge in [-0.1, -0.05) is 55.3 Å². The molecule has 25 heavy (non-hydrogen) atoms. The number of carbonyl (C=O) groups excluding carboxylic acids is 1. The van der Waals surface area contributed by atoms with Crippen molar-refractivity contribution < 1.29 is 22.7 Å². The second kappa shape index (κ2) is 8.52. The van der Waals surface area contributed by atoms with Gasteiger partial charge >= 0.3 is 6.18 Å². The summed E-state index contributed by atoms with van der Waals surface area (Å²) in [6.45, 7) is 1.92. The quantitative estimate of drug-likeness (QED) is 0.788. The summed E-state index contributed by atoms with van der Waals surface area (Å²) in [5.41, 5.74) is -1.42. The number of benzene rings is 1. The average Bonchev–Trinajstić information content (AvgIpc) is 2.82. The van der Waals surface area contributed by atoms with Crippen LogP contribution in [-0.2, 0) is 16.1 Å². The van der Waals surface area contributed by atoms with Crippen molar-refractivity contribution in [3.8, 4) is 0 Å². The fourth-order valence-corrected chi connectivity index (χ4v) is 2.91. The smallest absolute Gasteiger partial charge is 0.357 e. The van der Waals surface area contributed by atoms with Crippen molar-refractivity contribution in [2.45, 2.75) is 57.3 Å². The number of amides is 1. The van der Waals surface area contributed by atoms with E-state index in [1.165, 1.54) is 0 Å². The molecule has 0 saturated carbocycles. The Morgan fingerprint density at radius 2 is 2.04 bits per heavy atom. The predicted octanol–water partition coefficient (Wildman–Crippen LogP) is 4.53. The van der Waals surface area contributed by atoms with Crippen LogP contribution in [-0.4, -0.2) is 24.3 Å². The topological polar surface area (TPSA) is 38.3 Å². The number of ether oxygens (including phenoxy) is 1. The number of hydrogen-bond acceptors (Lipinski definition) is 2. The zero-order valence-corrected chi connectivity index (χ0v) is 14.4. The summed E-state index contributed by atoms with van der Waals surface area (Å²) in [7, 11) is 0. The van der Waals surface area contributed by atoms with Gasteiger partial charge in [0.05, 0.1) is 0 Å². The third-order valence-electron chi connectivity index (χ3n) is 4.31. The van der Waals surface area contributed by atoms with Gasteiger partial charge in [0.1, 0.15) is 0 Å². The minimum absolute atomic E-state index is 0.0366. The van der Waals surface area contributed by atoms with Gasteiger partial charge in [0.2, 0.25) is 5.60 Å². The summed E-state index contributed by atoms with van der Waals surface area (Å²) in [5.74, 6) is -1.12. The molecule has 1 unspecified atom stereocenters. The first-order chi connectivity index (χ1) is 11.9. The molecule has 1 N–H and O–H groups in total. The lowest BCUT2D eigenvalue weighted by Crippen LogP contribution is -2.58. The highest BCUT2D eigenvalue weighted by Crippen LogP contribution is 2.41. The fourth-order valence-electron chi connectivity index (χ4n) is 2.91. The first-order valence-electron chi connectivity index (χ1n) is 8.60. The Labute approximate surface area is 146 Å². The number of alkyl halides is 3. The lowest BCUT2D eigenvalue weighted by Gasteiger charge is -2.33. The maximum absolute atomic E-state index is 13.8. The van der Waals surface area contributed by atoms with Crippen molar-refractivity contribution in [3.63, 3.8) is 0 Å². The molecule has 1 atom stereocenters. The van der Waals surface area contributed by atoms with E-state index in [1.54, 1.807) is 24.3 Å². The van der Waals surface area contributed by atoms with Gasteiger partial charge in [0.15, 0.2) is 0 Å². The molecule has 1 aromatic carbocycles. The maximum Gasteiger partial charge on any atom is 0.426 e. The third kappa shape index (κ3) is 4.84. The fraction of sp³-hybridized carbons (Fsp3) is 0.526. The lowest BCUT2D eigenvalue weighted by molar-refractivity contribution is -0.265. The molecule has 0 bridgehead atoms. The molecule has 1 amide bonds. The lowest BCUT2D eigenvalue weighted by atomic mass is 9.90.